The first-order valence-corrected chi connectivity index (χ1v) is 5.13. The van der Waals surface area contributed by atoms with Gasteiger partial charge in [-0.15, -0.1) is 0 Å². The second-order valence-corrected chi connectivity index (χ2v) is 3.71. The summed E-state index contributed by atoms with van der Waals surface area (Å²) in [6.07, 6.45) is 3.60. The first-order valence-electron chi connectivity index (χ1n) is 5.13. The van der Waals surface area contributed by atoms with Crippen molar-refractivity contribution < 1.29 is 15.3 Å². The van der Waals surface area contributed by atoms with Gasteiger partial charge in [0.15, 0.2) is 0 Å². The van der Waals surface area contributed by atoms with Crippen LogP contribution in [-0.2, 0) is 0 Å². The van der Waals surface area contributed by atoms with Gasteiger partial charge in [0.1, 0.15) is 17.2 Å². The van der Waals surface area contributed by atoms with E-state index in [0.717, 1.165) is 5.56 Å². The minimum absolute atomic E-state index is 0. The zero-order valence-electron chi connectivity index (χ0n) is 9.04. The Labute approximate surface area is 135 Å². The molecule has 90 valence electrons. The summed E-state index contributed by atoms with van der Waals surface area (Å²) in [5.41, 5.74) is 1.63. The fraction of sp³-hybridized carbons (Fsp3) is 0. The van der Waals surface area contributed by atoms with Crippen molar-refractivity contribution in [2.75, 3.05) is 0 Å². The van der Waals surface area contributed by atoms with E-state index in [1.54, 1.807) is 42.5 Å². The third-order valence-electron chi connectivity index (χ3n) is 2.29. The van der Waals surface area contributed by atoms with Gasteiger partial charge in [0, 0.05) is 6.07 Å². The monoisotopic (exact) mass is 270 g/mol. The van der Waals surface area contributed by atoms with E-state index in [-0.39, 0.29) is 55.0 Å². The van der Waals surface area contributed by atoms with Gasteiger partial charge in [0.2, 0.25) is 0 Å². The summed E-state index contributed by atoms with van der Waals surface area (Å²) >= 11 is 0. The van der Waals surface area contributed by atoms with Gasteiger partial charge in [-0.1, -0.05) is 24.3 Å². The molecule has 0 radical (unpaired) electrons. The molecular formula is C14H14CaO3. The van der Waals surface area contributed by atoms with E-state index < -0.39 is 0 Å². The van der Waals surface area contributed by atoms with E-state index >= 15 is 0 Å². The fourth-order valence-electron chi connectivity index (χ4n) is 1.49. The third-order valence-corrected chi connectivity index (χ3v) is 2.29. The van der Waals surface area contributed by atoms with Crippen molar-refractivity contribution in [1.29, 1.82) is 0 Å². The summed E-state index contributed by atoms with van der Waals surface area (Å²) in [4.78, 5) is 0. The SMILES string of the molecule is Oc1ccc(C=Cc2cc(O)cc(O)c2)cc1.[CaH2]. The normalized spacial score (nSPS) is 10.2. The topological polar surface area (TPSA) is 60.7 Å². The number of phenolic OH excluding ortho intramolecular Hbond substituents is 3. The molecule has 18 heavy (non-hydrogen) atoms. The molecule has 2 aromatic carbocycles. The van der Waals surface area contributed by atoms with Crippen LogP contribution in [0.5, 0.6) is 17.2 Å². The summed E-state index contributed by atoms with van der Waals surface area (Å²) in [5.74, 6) is 0.267. The summed E-state index contributed by atoms with van der Waals surface area (Å²) in [6, 6.07) is 11.1. The Morgan fingerprint density at radius 3 is 1.67 bits per heavy atom. The molecule has 0 spiro atoms. The van der Waals surface area contributed by atoms with Crippen LogP contribution in [0.15, 0.2) is 42.5 Å². The summed E-state index contributed by atoms with van der Waals surface area (Å²) < 4.78 is 0. The molecule has 0 aromatic heterocycles. The molecule has 0 aliphatic rings. The Morgan fingerprint density at radius 2 is 1.11 bits per heavy atom. The van der Waals surface area contributed by atoms with Crippen LogP contribution in [0.3, 0.4) is 0 Å². The Bertz CT molecular complexity index is 527. The van der Waals surface area contributed by atoms with Crippen LogP contribution < -0.4 is 0 Å². The van der Waals surface area contributed by atoms with Crippen LogP contribution in [0, 0.1) is 0 Å². The van der Waals surface area contributed by atoms with E-state index in [1.807, 2.05) is 6.08 Å². The van der Waals surface area contributed by atoms with Crippen LogP contribution in [0.4, 0.5) is 0 Å². The number of hydrogen-bond acceptors (Lipinski definition) is 3. The Balaban J connectivity index is 0.00000162. The minimum atomic E-state index is 0. The quantitative estimate of drug-likeness (QED) is 0.578. The average molecular weight is 270 g/mol. The van der Waals surface area contributed by atoms with Crippen LogP contribution in [0.2, 0.25) is 0 Å². The average Bonchev–Trinajstić information content (AvgIpc) is 2.27. The van der Waals surface area contributed by atoms with Crippen LogP contribution in [-0.4, -0.2) is 53.1 Å². The molecule has 0 atom stereocenters. The molecule has 4 heteroatoms. The number of rotatable bonds is 2. The number of phenols is 3. The van der Waals surface area contributed by atoms with Crippen molar-refractivity contribution in [2.45, 2.75) is 0 Å². The van der Waals surface area contributed by atoms with Gasteiger partial charge in [-0.05, 0) is 35.4 Å². The molecule has 3 N–H and O–H groups in total. The third kappa shape index (κ3) is 4.26. The van der Waals surface area contributed by atoms with Gasteiger partial charge in [-0.2, -0.15) is 0 Å². The van der Waals surface area contributed by atoms with E-state index in [0.29, 0.717) is 5.56 Å². The molecule has 0 saturated carbocycles. The molecule has 2 aromatic rings. The number of aromatic hydroxyl groups is 3. The van der Waals surface area contributed by atoms with Crippen molar-refractivity contribution in [1.82, 2.24) is 0 Å². The van der Waals surface area contributed by atoms with Gasteiger partial charge in [0.05, 0.1) is 0 Å². The second-order valence-electron chi connectivity index (χ2n) is 3.71. The summed E-state index contributed by atoms with van der Waals surface area (Å²) in [7, 11) is 0. The summed E-state index contributed by atoms with van der Waals surface area (Å²) in [5, 5.41) is 27.7. The summed E-state index contributed by atoms with van der Waals surface area (Å²) in [6.45, 7) is 0. The fourth-order valence-corrected chi connectivity index (χ4v) is 1.49. The zero-order valence-corrected chi connectivity index (χ0v) is 9.04. The maximum absolute atomic E-state index is 9.30. The zero-order chi connectivity index (χ0) is 12.3. The molecule has 2 rings (SSSR count). The van der Waals surface area contributed by atoms with Gasteiger partial charge in [0.25, 0.3) is 0 Å². The van der Waals surface area contributed by atoms with Crippen molar-refractivity contribution in [2.24, 2.45) is 0 Å². The van der Waals surface area contributed by atoms with E-state index in [4.69, 9.17) is 5.11 Å². The number of hydrogen-bond donors (Lipinski definition) is 3. The van der Waals surface area contributed by atoms with Crippen molar-refractivity contribution in [3.63, 3.8) is 0 Å². The van der Waals surface area contributed by atoms with Crippen LogP contribution >= 0.6 is 0 Å². The molecule has 3 nitrogen and oxygen atoms in total. The second kappa shape index (κ2) is 6.69. The predicted octanol–water partition coefficient (Wildman–Crippen LogP) is 2.06. The van der Waals surface area contributed by atoms with Crippen molar-refractivity contribution in [3.05, 3.63) is 53.6 Å². The molecular weight excluding hydrogens is 256 g/mol. The standard InChI is InChI=1S/C14H12O3.Ca.2H/c15-12-5-3-10(4-6-12)1-2-11-7-13(16)9-14(17)8-11;;;/h1-9,15-17H;;;. The molecule has 0 unspecified atom stereocenters. The first-order chi connectivity index (χ1) is 8.13. The molecule has 0 aliphatic carbocycles. The molecule has 0 aliphatic heterocycles. The van der Waals surface area contributed by atoms with Gasteiger partial charge >= 0.3 is 37.7 Å². The number of benzene rings is 2. The molecule has 0 bridgehead atoms. The van der Waals surface area contributed by atoms with Gasteiger partial charge in [-0.25, -0.2) is 0 Å². The first kappa shape index (κ1) is 14.9. The predicted molar refractivity (Wildman–Crippen MR) is 75.4 cm³/mol. The van der Waals surface area contributed by atoms with Crippen LogP contribution in [0.25, 0.3) is 12.2 Å². The van der Waals surface area contributed by atoms with Gasteiger partial charge < -0.3 is 15.3 Å². The van der Waals surface area contributed by atoms with Crippen molar-refractivity contribution >= 4 is 49.9 Å². The van der Waals surface area contributed by atoms with E-state index in [9.17, 15) is 10.2 Å². The Kier molecular flexibility index (Phi) is 5.53. The molecule has 0 amide bonds. The van der Waals surface area contributed by atoms with E-state index in [1.165, 1.54) is 6.07 Å². The molecule has 0 saturated heterocycles. The van der Waals surface area contributed by atoms with E-state index in [2.05, 4.69) is 0 Å². The molecule has 0 heterocycles. The Hall–Kier alpha value is -1.16. The van der Waals surface area contributed by atoms with Crippen molar-refractivity contribution in [3.8, 4) is 17.2 Å². The van der Waals surface area contributed by atoms with Crippen LogP contribution in [0.1, 0.15) is 11.1 Å². The Morgan fingerprint density at radius 1 is 0.611 bits per heavy atom. The molecule has 0 fully saturated rings. The maximum atomic E-state index is 9.30. The van der Waals surface area contributed by atoms with Gasteiger partial charge in [-0.3, -0.25) is 0 Å².